The highest BCUT2D eigenvalue weighted by Crippen LogP contribution is 2.09. The van der Waals surface area contributed by atoms with E-state index in [0.29, 0.717) is 0 Å². The normalized spacial score (nSPS) is 16.5. The Balaban J connectivity index is 1.88. The van der Waals surface area contributed by atoms with Gasteiger partial charge in [-0.2, -0.15) is 0 Å². The highest BCUT2D eigenvalue weighted by molar-refractivity contribution is 6.29. The summed E-state index contributed by atoms with van der Waals surface area (Å²) in [5.74, 6) is -0.192. The number of morpholine rings is 1. The third-order valence-corrected chi connectivity index (χ3v) is 3.26. The third kappa shape index (κ3) is 3.98. The predicted molar refractivity (Wildman–Crippen MR) is 71.0 cm³/mol. The molecule has 0 atom stereocenters. The molecule has 1 amide bonds. The SMILES string of the molecule is O=C(CCl)Nc1ccc(C[NH+]2CCOCC2)cc1. The fraction of sp³-hybridized carbons (Fsp3) is 0.462. The maximum atomic E-state index is 11.1. The van der Waals surface area contributed by atoms with Crippen molar-refractivity contribution in [2.24, 2.45) is 0 Å². The lowest BCUT2D eigenvalue weighted by Gasteiger charge is -2.23. The van der Waals surface area contributed by atoms with E-state index in [1.54, 1.807) is 4.90 Å². The number of carbonyl (C=O) groups is 1. The average molecular weight is 270 g/mol. The second-order valence-electron chi connectivity index (χ2n) is 4.42. The first-order valence-electron chi connectivity index (χ1n) is 6.14. The predicted octanol–water partition coefficient (Wildman–Crippen LogP) is 0.279. The molecule has 1 aliphatic rings. The monoisotopic (exact) mass is 269 g/mol. The van der Waals surface area contributed by atoms with E-state index in [2.05, 4.69) is 5.32 Å². The number of ether oxygens (including phenoxy) is 1. The maximum Gasteiger partial charge on any atom is 0.239 e. The number of halogens is 1. The maximum absolute atomic E-state index is 11.1. The molecule has 0 spiro atoms. The van der Waals surface area contributed by atoms with Gasteiger partial charge in [-0.1, -0.05) is 12.1 Å². The highest BCUT2D eigenvalue weighted by atomic mass is 35.5. The zero-order valence-electron chi connectivity index (χ0n) is 10.2. The number of benzene rings is 1. The average Bonchev–Trinajstić information content (AvgIpc) is 2.42. The van der Waals surface area contributed by atoms with E-state index in [0.717, 1.165) is 38.5 Å². The molecule has 1 heterocycles. The van der Waals surface area contributed by atoms with Crippen LogP contribution in [-0.4, -0.2) is 38.1 Å². The molecule has 0 aromatic heterocycles. The second-order valence-corrected chi connectivity index (χ2v) is 4.69. The van der Waals surface area contributed by atoms with Gasteiger partial charge in [-0.05, 0) is 12.1 Å². The van der Waals surface area contributed by atoms with E-state index in [-0.39, 0.29) is 11.8 Å². The number of nitrogens with one attached hydrogen (secondary N) is 2. The smallest absolute Gasteiger partial charge is 0.239 e. The molecule has 18 heavy (non-hydrogen) atoms. The number of quaternary nitrogens is 1. The molecule has 0 saturated carbocycles. The number of carbonyl (C=O) groups excluding carboxylic acids is 1. The molecule has 2 rings (SSSR count). The van der Waals surface area contributed by atoms with Gasteiger partial charge in [-0.25, -0.2) is 0 Å². The molecule has 98 valence electrons. The Bertz CT molecular complexity index is 388. The molecular weight excluding hydrogens is 252 g/mol. The molecule has 5 heteroatoms. The summed E-state index contributed by atoms with van der Waals surface area (Å²) in [5.41, 5.74) is 2.07. The number of anilines is 1. The van der Waals surface area contributed by atoms with Gasteiger partial charge in [0.2, 0.25) is 5.91 Å². The van der Waals surface area contributed by atoms with E-state index >= 15 is 0 Å². The molecule has 1 saturated heterocycles. The summed E-state index contributed by atoms with van der Waals surface area (Å²) in [4.78, 5) is 12.7. The molecule has 1 fully saturated rings. The minimum Gasteiger partial charge on any atom is -0.370 e. The Kier molecular flexibility index (Phi) is 4.99. The fourth-order valence-corrected chi connectivity index (χ4v) is 2.09. The first kappa shape index (κ1) is 13.3. The van der Waals surface area contributed by atoms with Crippen molar-refractivity contribution in [1.29, 1.82) is 0 Å². The Labute approximate surface area is 112 Å². The number of rotatable bonds is 4. The van der Waals surface area contributed by atoms with Gasteiger partial charge in [-0.15, -0.1) is 11.6 Å². The van der Waals surface area contributed by atoms with Crippen molar-refractivity contribution in [3.05, 3.63) is 29.8 Å². The van der Waals surface area contributed by atoms with Gasteiger partial charge in [-0.3, -0.25) is 4.79 Å². The van der Waals surface area contributed by atoms with Crippen LogP contribution in [0.2, 0.25) is 0 Å². The molecule has 0 unspecified atom stereocenters. The highest BCUT2D eigenvalue weighted by Gasteiger charge is 2.13. The van der Waals surface area contributed by atoms with Crippen molar-refractivity contribution < 1.29 is 14.4 Å². The van der Waals surface area contributed by atoms with Gasteiger partial charge in [0.25, 0.3) is 0 Å². The number of hydrogen-bond donors (Lipinski definition) is 2. The summed E-state index contributed by atoms with van der Waals surface area (Å²) in [7, 11) is 0. The molecule has 1 aliphatic heterocycles. The molecule has 1 aromatic rings. The Morgan fingerprint density at radius 2 is 1.94 bits per heavy atom. The number of alkyl halides is 1. The lowest BCUT2D eigenvalue weighted by Crippen LogP contribution is -3.12. The van der Waals surface area contributed by atoms with Crippen LogP contribution in [0.1, 0.15) is 5.56 Å². The number of hydrogen-bond acceptors (Lipinski definition) is 2. The first-order chi connectivity index (χ1) is 8.78. The Hall–Kier alpha value is -1.10. The van der Waals surface area contributed by atoms with Gasteiger partial charge < -0.3 is 15.0 Å². The van der Waals surface area contributed by atoms with Gasteiger partial charge in [0, 0.05) is 11.3 Å². The van der Waals surface area contributed by atoms with E-state index in [1.807, 2.05) is 24.3 Å². The van der Waals surface area contributed by atoms with Gasteiger partial charge in [0.1, 0.15) is 25.5 Å². The zero-order valence-corrected chi connectivity index (χ0v) is 11.0. The minimum atomic E-state index is -0.178. The first-order valence-corrected chi connectivity index (χ1v) is 6.67. The summed E-state index contributed by atoms with van der Waals surface area (Å²) in [6.45, 7) is 4.82. The summed E-state index contributed by atoms with van der Waals surface area (Å²) in [6, 6.07) is 7.93. The zero-order chi connectivity index (χ0) is 12.8. The lowest BCUT2D eigenvalue weighted by atomic mass is 10.2. The molecule has 0 aliphatic carbocycles. The molecule has 0 bridgehead atoms. The van der Waals surface area contributed by atoms with Crippen LogP contribution < -0.4 is 10.2 Å². The van der Waals surface area contributed by atoms with E-state index in [9.17, 15) is 4.79 Å². The Morgan fingerprint density at radius 3 is 2.56 bits per heavy atom. The Morgan fingerprint density at radius 1 is 1.28 bits per heavy atom. The standard InChI is InChI=1S/C13H17ClN2O2/c14-9-13(17)15-12-3-1-11(2-4-12)10-16-5-7-18-8-6-16/h1-4H,5-10H2,(H,15,17)/p+1. The summed E-state index contributed by atoms with van der Waals surface area (Å²) < 4.78 is 5.33. The van der Waals surface area contributed by atoms with Crippen LogP contribution in [-0.2, 0) is 16.1 Å². The second kappa shape index (κ2) is 6.73. The van der Waals surface area contributed by atoms with Crippen molar-refractivity contribution >= 4 is 23.2 Å². The topological polar surface area (TPSA) is 42.8 Å². The van der Waals surface area contributed by atoms with Crippen LogP contribution in [0.5, 0.6) is 0 Å². The minimum absolute atomic E-state index is 0.0142. The van der Waals surface area contributed by atoms with Gasteiger partial charge in [0.15, 0.2) is 0 Å². The van der Waals surface area contributed by atoms with Gasteiger partial charge in [0.05, 0.1) is 13.2 Å². The van der Waals surface area contributed by atoms with Crippen LogP contribution in [0.25, 0.3) is 0 Å². The molecule has 2 N–H and O–H groups in total. The van der Waals surface area contributed by atoms with E-state index in [4.69, 9.17) is 16.3 Å². The van der Waals surface area contributed by atoms with Crippen molar-refractivity contribution in [1.82, 2.24) is 0 Å². The quantitative estimate of drug-likeness (QED) is 0.771. The van der Waals surface area contributed by atoms with Gasteiger partial charge >= 0.3 is 0 Å². The lowest BCUT2D eigenvalue weighted by molar-refractivity contribution is -0.921. The third-order valence-electron chi connectivity index (χ3n) is 3.01. The van der Waals surface area contributed by atoms with Crippen molar-refractivity contribution in [3.8, 4) is 0 Å². The van der Waals surface area contributed by atoms with Crippen LogP contribution >= 0.6 is 11.6 Å². The largest absolute Gasteiger partial charge is 0.370 e. The molecule has 0 radical (unpaired) electrons. The molecule has 1 aromatic carbocycles. The van der Waals surface area contributed by atoms with E-state index in [1.165, 1.54) is 5.56 Å². The summed E-state index contributed by atoms with van der Waals surface area (Å²) in [6.07, 6.45) is 0. The van der Waals surface area contributed by atoms with Crippen LogP contribution in [0, 0.1) is 0 Å². The van der Waals surface area contributed by atoms with Crippen LogP contribution in [0.3, 0.4) is 0 Å². The summed E-state index contributed by atoms with van der Waals surface area (Å²) >= 11 is 5.43. The molecular formula is C13H18ClN2O2+. The van der Waals surface area contributed by atoms with Crippen LogP contribution in [0.4, 0.5) is 5.69 Å². The van der Waals surface area contributed by atoms with Crippen molar-refractivity contribution in [3.63, 3.8) is 0 Å². The molecule has 4 nitrogen and oxygen atoms in total. The van der Waals surface area contributed by atoms with E-state index < -0.39 is 0 Å². The van der Waals surface area contributed by atoms with Crippen LogP contribution in [0.15, 0.2) is 24.3 Å². The van der Waals surface area contributed by atoms with Crippen molar-refractivity contribution in [2.75, 3.05) is 37.5 Å². The van der Waals surface area contributed by atoms with Crippen molar-refractivity contribution in [2.45, 2.75) is 6.54 Å². The number of amides is 1. The fourth-order valence-electron chi connectivity index (χ4n) is 2.03. The summed E-state index contributed by atoms with van der Waals surface area (Å²) in [5, 5.41) is 2.72.